The Morgan fingerprint density at radius 2 is 1.85 bits per heavy atom. The minimum absolute atomic E-state index is 0.131. The number of benzene rings is 2. The van der Waals surface area contributed by atoms with E-state index in [1.807, 2.05) is 6.07 Å². The molecule has 142 valence electrons. The first-order chi connectivity index (χ1) is 13.2. The van der Waals surface area contributed by atoms with Crippen LogP contribution in [-0.2, 0) is 13.1 Å². The maximum absolute atomic E-state index is 12.6. The van der Waals surface area contributed by atoms with Crippen molar-refractivity contribution in [2.45, 2.75) is 32.4 Å². The molecule has 2 aromatic carbocycles. The van der Waals surface area contributed by atoms with Crippen LogP contribution in [-0.4, -0.2) is 25.8 Å². The molecule has 0 spiro atoms. The van der Waals surface area contributed by atoms with Gasteiger partial charge in [-0.2, -0.15) is 0 Å². The van der Waals surface area contributed by atoms with Crippen LogP contribution >= 0.6 is 11.6 Å². The number of ether oxygens (including phenoxy) is 2. The molecule has 0 bridgehead atoms. The van der Waals surface area contributed by atoms with Gasteiger partial charge in [0, 0.05) is 17.7 Å². The van der Waals surface area contributed by atoms with Crippen molar-refractivity contribution in [3.63, 3.8) is 0 Å². The minimum Gasteiger partial charge on any atom is -0.454 e. The number of likely N-dealkylation sites (tertiary alicyclic amines) is 1. The van der Waals surface area contributed by atoms with Crippen molar-refractivity contribution in [2.75, 3.05) is 19.9 Å². The Morgan fingerprint density at radius 1 is 1.07 bits per heavy atom. The molecule has 2 heterocycles. The highest BCUT2D eigenvalue weighted by molar-refractivity contribution is 6.32. The zero-order valence-electron chi connectivity index (χ0n) is 15.2. The molecule has 0 aliphatic carbocycles. The molecule has 0 radical (unpaired) electrons. The molecular weight excluding hydrogens is 364 g/mol. The third-order valence-corrected chi connectivity index (χ3v) is 5.53. The molecule has 5 nitrogen and oxygen atoms in total. The molecule has 27 heavy (non-hydrogen) atoms. The highest BCUT2D eigenvalue weighted by Gasteiger charge is 2.21. The summed E-state index contributed by atoms with van der Waals surface area (Å²) in [7, 11) is 0. The monoisotopic (exact) mass is 387 g/mol. The molecule has 4 rings (SSSR count). The average molecular weight is 388 g/mol. The number of hydrogen-bond acceptors (Lipinski definition) is 3. The number of carbonyl (C=O) groups is 1. The van der Waals surface area contributed by atoms with Gasteiger partial charge in [0.15, 0.2) is 11.5 Å². The quantitative estimate of drug-likeness (QED) is 0.829. The maximum atomic E-state index is 12.6. The van der Waals surface area contributed by atoms with Crippen LogP contribution in [0.25, 0.3) is 0 Å². The average Bonchev–Trinajstić information content (AvgIpc) is 3.17. The van der Waals surface area contributed by atoms with Gasteiger partial charge in [-0.1, -0.05) is 35.9 Å². The van der Waals surface area contributed by atoms with Crippen molar-refractivity contribution < 1.29 is 19.2 Å². The number of fused-ring (bicyclic) bond motifs is 1. The van der Waals surface area contributed by atoms with E-state index in [0.29, 0.717) is 28.6 Å². The lowest BCUT2D eigenvalue weighted by molar-refractivity contribution is -0.918. The van der Waals surface area contributed by atoms with Gasteiger partial charge in [0.05, 0.1) is 18.1 Å². The summed E-state index contributed by atoms with van der Waals surface area (Å²) in [5.41, 5.74) is 2.94. The zero-order chi connectivity index (χ0) is 18.6. The second-order valence-electron chi connectivity index (χ2n) is 7.13. The van der Waals surface area contributed by atoms with Crippen molar-refractivity contribution in [1.82, 2.24) is 5.32 Å². The lowest BCUT2D eigenvalue weighted by Gasteiger charge is -2.24. The largest absolute Gasteiger partial charge is 0.454 e. The maximum Gasteiger partial charge on any atom is 0.251 e. The Morgan fingerprint density at radius 3 is 2.67 bits per heavy atom. The summed E-state index contributed by atoms with van der Waals surface area (Å²) < 4.78 is 10.6. The fourth-order valence-electron chi connectivity index (χ4n) is 3.78. The van der Waals surface area contributed by atoms with Gasteiger partial charge >= 0.3 is 0 Å². The number of hydrogen-bond donors (Lipinski definition) is 2. The second kappa shape index (κ2) is 8.19. The van der Waals surface area contributed by atoms with Gasteiger partial charge in [-0.25, -0.2) is 0 Å². The molecule has 6 heteroatoms. The fourth-order valence-corrected chi connectivity index (χ4v) is 4.04. The summed E-state index contributed by atoms with van der Waals surface area (Å²) in [5, 5.41) is 3.40. The minimum atomic E-state index is -0.171. The van der Waals surface area contributed by atoms with Gasteiger partial charge in [-0.3, -0.25) is 4.79 Å². The van der Waals surface area contributed by atoms with Crippen LogP contribution in [0.2, 0.25) is 5.02 Å². The number of nitrogens with one attached hydrogen (secondary N) is 2. The number of carbonyl (C=O) groups excluding carboxylic acids is 1. The van der Waals surface area contributed by atoms with Crippen molar-refractivity contribution in [3.8, 4) is 11.5 Å². The summed E-state index contributed by atoms with van der Waals surface area (Å²) >= 11 is 6.18. The van der Waals surface area contributed by atoms with Crippen molar-refractivity contribution >= 4 is 17.5 Å². The number of halogens is 1. The van der Waals surface area contributed by atoms with Gasteiger partial charge in [0.2, 0.25) is 6.79 Å². The first-order valence-corrected chi connectivity index (χ1v) is 9.86. The lowest BCUT2D eigenvalue weighted by atomic mass is 10.0. The van der Waals surface area contributed by atoms with E-state index in [1.54, 1.807) is 17.0 Å². The number of rotatable bonds is 5. The van der Waals surface area contributed by atoms with E-state index < -0.39 is 0 Å². The summed E-state index contributed by atoms with van der Waals surface area (Å²) in [4.78, 5) is 14.2. The summed E-state index contributed by atoms with van der Waals surface area (Å²) in [6.45, 7) is 4.11. The van der Waals surface area contributed by atoms with Gasteiger partial charge < -0.3 is 19.7 Å². The standard InChI is InChI=1S/C21H23ClN2O3/c22-18-10-17(11-19-20(18)27-14-26-19)21(25)23-12-15-6-2-3-7-16(15)13-24-8-4-1-5-9-24/h2-3,6-7,10-11H,1,4-5,8-9,12-14H2,(H,23,25)/p+1. The molecule has 1 saturated heterocycles. The van der Waals surface area contributed by atoms with E-state index in [0.717, 1.165) is 12.1 Å². The molecular formula is C21H24ClN2O3+. The van der Waals surface area contributed by atoms with Gasteiger partial charge in [0.25, 0.3) is 5.91 Å². The smallest absolute Gasteiger partial charge is 0.251 e. The Kier molecular flexibility index (Phi) is 5.50. The van der Waals surface area contributed by atoms with Crippen LogP contribution in [0.15, 0.2) is 36.4 Å². The number of quaternary nitrogens is 1. The molecule has 0 aromatic heterocycles. The highest BCUT2D eigenvalue weighted by Crippen LogP contribution is 2.39. The molecule has 2 N–H and O–H groups in total. The Labute approximate surface area is 164 Å². The van der Waals surface area contributed by atoms with E-state index >= 15 is 0 Å². The topological polar surface area (TPSA) is 52.0 Å². The Hall–Kier alpha value is -2.24. The van der Waals surface area contributed by atoms with Crippen LogP contribution in [0.3, 0.4) is 0 Å². The summed E-state index contributed by atoms with van der Waals surface area (Å²) in [6.07, 6.45) is 3.96. The van der Waals surface area contributed by atoms with E-state index in [1.165, 1.54) is 37.9 Å². The molecule has 0 unspecified atom stereocenters. The number of amides is 1. The predicted molar refractivity (Wildman–Crippen MR) is 103 cm³/mol. The molecule has 2 aromatic rings. The van der Waals surface area contributed by atoms with Crippen molar-refractivity contribution in [1.29, 1.82) is 0 Å². The van der Waals surface area contributed by atoms with Crippen molar-refractivity contribution in [3.05, 3.63) is 58.1 Å². The Balaban J connectivity index is 1.43. The van der Waals surface area contributed by atoms with E-state index in [9.17, 15) is 4.79 Å². The molecule has 0 saturated carbocycles. The van der Waals surface area contributed by atoms with Crippen LogP contribution < -0.4 is 19.7 Å². The third-order valence-electron chi connectivity index (χ3n) is 5.25. The normalized spacial score (nSPS) is 16.3. The molecule has 0 atom stereocenters. The fraction of sp³-hybridized carbons (Fsp3) is 0.381. The zero-order valence-corrected chi connectivity index (χ0v) is 16.0. The van der Waals surface area contributed by atoms with Gasteiger partial charge in [0.1, 0.15) is 6.54 Å². The molecule has 2 aliphatic rings. The van der Waals surface area contributed by atoms with Crippen LogP contribution in [0.1, 0.15) is 40.7 Å². The lowest BCUT2D eigenvalue weighted by Crippen LogP contribution is -3.11. The van der Waals surface area contributed by atoms with Crippen LogP contribution in [0.5, 0.6) is 11.5 Å². The second-order valence-corrected chi connectivity index (χ2v) is 7.54. The molecule has 1 amide bonds. The molecule has 2 aliphatic heterocycles. The van der Waals surface area contributed by atoms with Crippen LogP contribution in [0, 0.1) is 0 Å². The first kappa shape index (κ1) is 18.1. The third kappa shape index (κ3) is 4.20. The summed E-state index contributed by atoms with van der Waals surface area (Å²) in [6, 6.07) is 11.6. The van der Waals surface area contributed by atoms with E-state index in [-0.39, 0.29) is 12.7 Å². The van der Waals surface area contributed by atoms with E-state index in [4.69, 9.17) is 21.1 Å². The van der Waals surface area contributed by atoms with Crippen LogP contribution in [0.4, 0.5) is 0 Å². The number of piperidine rings is 1. The molecule has 1 fully saturated rings. The highest BCUT2D eigenvalue weighted by atomic mass is 35.5. The van der Waals surface area contributed by atoms with Gasteiger partial charge in [-0.05, 0) is 37.0 Å². The predicted octanol–water partition coefficient (Wildman–Crippen LogP) is 2.57. The SMILES string of the molecule is O=C(NCc1ccccc1C[NH+]1CCCCC1)c1cc(Cl)c2c(c1)OCO2. The Bertz CT molecular complexity index is 834. The van der Waals surface area contributed by atoms with E-state index in [2.05, 4.69) is 23.5 Å². The van der Waals surface area contributed by atoms with Gasteiger partial charge in [-0.15, -0.1) is 0 Å². The first-order valence-electron chi connectivity index (χ1n) is 9.48. The summed E-state index contributed by atoms with van der Waals surface area (Å²) in [5.74, 6) is 0.847. The van der Waals surface area contributed by atoms with Crippen molar-refractivity contribution in [2.24, 2.45) is 0 Å².